The molecule has 0 amide bonds. The van der Waals surface area contributed by atoms with E-state index in [1.807, 2.05) is 6.92 Å². The van der Waals surface area contributed by atoms with Crippen LogP contribution in [-0.2, 0) is 5.41 Å². The quantitative estimate of drug-likeness (QED) is 0.457. The maximum Gasteiger partial charge on any atom is 0.0416 e. The van der Waals surface area contributed by atoms with Gasteiger partial charge in [-0.05, 0) is 25.3 Å². The average Bonchev–Trinajstić information content (AvgIpc) is 3.13. The molecule has 84 valence electrons. The fourth-order valence-corrected chi connectivity index (χ4v) is 2.36. The van der Waals surface area contributed by atoms with Crippen molar-refractivity contribution in [3.05, 3.63) is 35.9 Å². The molecule has 1 aliphatic rings. The number of nitrogens with one attached hydrogen (secondary N) is 1. The normalized spacial score (nSPS) is 18.4. The molecule has 16 heavy (non-hydrogen) atoms. The Morgan fingerprint density at radius 3 is 2.56 bits per heavy atom. The first-order valence-electron chi connectivity index (χ1n) is 5.75. The van der Waals surface area contributed by atoms with E-state index in [4.69, 9.17) is 5.84 Å². The van der Waals surface area contributed by atoms with Crippen LogP contribution in [0.1, 0.15) is 31.7 Å². The summed E-state index contributed by atoms with van der Waals surface area (Å²) in [6.45, 7) is 1.87. The van der Waals surface area contributed by atoms with Crippen molar-refractivity contribution in [1.82, 2.24) is 5.43 Å². The molecule has 0 radical (unpaired) electrons. The molecule has 2 heteroatoms. The van der Waals surface area contributed by atoms with Gasteiger partial charge in [-0.15, -0.1) is 11.8 Å². The van der Waals surface area contributed by atoms with Crippen LogP contribution in [0.15, 0.2) is 30.3 Å². The third-order valence-corrected chi connectivity index (χ3v) is 3.49. The molecule has 0 bridgehead atoms. The second-order valence-corrected chi connectivity index (χ2v) is 4.37. The molecular weight excluding hydrogens is 196 g/mol. The minimum atomic E-state index is 0.222. The third kappa shape index (κ3) is 1.97. The molecule has 2 nitrogen and oxygen atoms in total. The van der Waals surface area contributed by atoms with Gasteiger partial charge in [-0.1, -0.05) is 30.3 Å². The number of hydrogen-bond acceptors (Lipinski definition) is 2. The molecule has 0 saturated heterocycles. The van der Waals surface area contributed by atoms with E-state index in [-0.39, 0.29) is 11.5 Å². The van der Waals surface area contributed by atoms with Gasteiger partial charge >= 0.3 is 0 Å². The second kappa shape index (κ2) is 4.69. The summed E-state index contributed by atoms with van der Waals surface area (Å²) in [6, 6.07) is 10.9. The summed E-state index contributed by atoms with van der Waals surface area (Å²) in [7, 11) is 0. The smallest absolute Gasteiger partial charge is 0.0416 e. The lowest BCUT2D eigenvalue weighted by atomic mass is 9.86. The lowest BCUT2D eigenvalue weighted by molar-refractivity contribution is 0.431. The van der Waals surface area contributed by atoms with Gasteiger partial charge in [0.25, 0.3) is 0 Å². The zero-order valence-electron chi connectivity index (χ0n) is 9.66. The van der Waals surface area contributed by atoms with Gasteiger partial charge in [0, 0.05) is 17.9 Å². The highest BCUT2D eigenvalue weighted by atomic mass is 15.2. The molecule has 1 fully saturated rings. The van der Waals surface area contributed by atoms with Crippen LogP contribution in [0.2, 0.25) is 0 Å². The zero-order chi connectivity index (χ0) is 11.4. The summed E-state index contributed by atoms with van der Waals surface area (Å²) in [5, 5.41) is 0. The maximum absolute atomic E-state index is 5.66. The first-order valence-corrected chi connectivity index (χ1v) is 5.75. The second-order valence-electron chi connectivity index (χ2n) is 4.37. The van der Waals surface area contributed by atoms with Crippen LogP contribution >= 0.6 is 0 Å². The van der Waals surface area contributed by atoms with Gasteiger partial charge < -0.3 is 0 Å². The monoisotopic (exact) mass is 214 g/mol. The first kappa shape index (κ1) is 11.2. The summed E-state index contributed by atoms with van der Waals surface area (Å²) in [4.78, 5) is 0. The average molecular weight is 214 g/mol. The molecule has 3 N–H and O–H groups in total. The predicted octanol–water partition coefficient (Wildman–Crippen LogP) is 1.96. The number of hydrogen-bond donors (Lipinski definition) is 2. The van der Waals surface area contributed by atoms with Gasteiger partial charge in [-0.2, -0.15) is 0 Å². The van der Waals surface area contributed by atoms with Crippen molar-refractivity contribution in [2.24, 2.45) is 5.84 Å². The van der Waals surface area contributed by atoms with Crippen LogP contribution in [0.5, 0.6) is 0 Å². The predicted molar refractivity (Wildman–Crippen MR) is 66.5 cm³/mol. The molecule has 1 unspecified atom stereocenters. The Balaban J connectivity index is 2.20. The van der Waals surface area contributed by atoms with E-state index in [2.05, 4.69) is 47.6 Å². The summed E-state index contributed by atoms with van der Waals surface area (Å²) in [5.41, 5.74) is 4.54. The molecule has 1 aliphatic carbocycles. The van der Waals surface area contributed by atoms with Crippen LogP contribution in [-0.4, -0.2) is 6.04 Å². The fraction of sp³-hybridized carbons (Fsp3) is 0.429. The summed E-state index contributed by atoms with van der Waals surface area (Å²) in [5.74, 6) is 11.7. The van der Waals surface area contributed by atoms with Crippen molar-refractivity contribution in [3.63, 3.8) is 0 Å². The van der Waals surface area contributed by atoms with Crippen LogP contribution in [0.25, 0.3) is 0 Å². The van der Waals surface area contributed by atoms with E-state index in [0.717, 1.165) is 6.42 Å². The minimum Gasteiger partial charge on any atom is -0.271 e. The molecule has 1 aromatic rings. The van der Waals surface area contributed by atoms with Crippen molar-refractivity contribution >= 4 is 0 Å². The molecule has 1 atom stereocenters. The van der Waals surface area contributed by atoms with Gasteiger partial charge in [-0.3, -0.25) is 11.3 Å². The number of nitrogens with two attached hydrogens (primary N) is 1. The van der Waals surface area contributed by atoms with Crippen LogP contribution < -0.4 is 11.3 Å². The van der Waals surface area contributed by atoms with Gasteiger partial charge in [-0.25, -0.2) is 0 Å². The number of hydrazine groups is 1. The summed E-state index contributed by atoms with van der Waals surface area (Å²) < 4.78 is 0. The highest BCUT2D eigenvalue weighted by Crippen LogP contribution is 2.51. The molecule has 0 spiro atoms. The van der Waals surface area contributed by atoms with E-state index in [1.54, 1.807) is 0 Å². The van der Waals surface area contributed by atoms with E-state index in [1.165, 1.54) is 18.4 Å². The molecule has 1 aromatic carbocycles. The topological polar surface area (TPSA) is 38.0 Å². The van der Waals surface area contributed by atoms with Gasteiger partial charge in [0.05, 0.1) is 0 Å². The first-order chi connectivity index (χ1) is 7.83. The van der Waals surface area contributed by atoms with E-state index in [9.17, 15) is 0 Å². The summed E-state index contributed by atoms with van der Waals surface area (Å²) in [6.07, 6.45) is 3.23. The van der Waals surface area contributed by atoms with E-state index < -0.39 is 0 Å². The van der Waals surface area contributed by atoms with Crippen molar-refractivity contribution < 1.29 is 0 Å². The van der Waals surface area contributed by atoms with Crippen molar-refractivity contribution in [2.75, 3.05) is 0 Å². The highest BCUT2D eigenvalue weighted by molar-refractivity contribution is 5.34. The van der Waals surface area contributed by atoms with Gasteiger partial charge in [0.1, 0.15) is 0 Å². The number of rotatable bonds is 4. The largest absolute Gasteiger partial charge is 0.271 e. The number of benzene rings is 1. The van der Waals surface area contributed by atoms with Crippen LogP contribution in [0.3, 0.4) is 0 Å². The molecule has 2 rings (SSSR count). The van der Waals surface area contributed by atoms with Crippen LogP contribution in [0.4, 0.5) is 0 Å². The van der Waals surface area contributed by atoms with Gasteiger partial charge in [0.15, 0.2) is 0 Å². The SMILES string of the molecule is CC#CCC(NN)C1(c2ccccc2)CC1. The standard InChI is InChI=1S/C14H18N2/c1-2-3-9-13(16-15)14(10-11-14)12-7-5-4-6-8-12/h4-8,13,16H,9-11,15H2,1H3. The van der Waals surface area contributed by atoms with Crippen molar-refractivity contribution in [2.45, 2.75) is 37.6 Å². The zero-order valence-corrected chi connectivity index (χ0v) is 9.66. The molecule has 1 saturated carbocycles. The molecular formula is C14H18N2. The molecule has 0 aromatic heterocycles. The third-order valence-electron chi connectivity index (χ3n) is 3.49. The van der Waals surface area contributed by atoms with Crippen LogP contribution in [0, 0.1) is 11.8 Å². The van der Waals surface area contributed by atoms with Crippen molar-refractivity contribution in [1.29, 1.82) is 0 Å². The van der Waals surface area contributed by atoms with Crippen molar-refractivity contribution in [3.8, 4) is 11.8 Å². The lowest BCUT2D eigenvalue weighted by Crippen LogP contribution is -2.43. The Morgan fingerprint density at radius 2 is 2.06 bits per heavy atom. The van der Waals surface area contributed by atoms with E-state index in [0.29, 0.717) is 0 Å². The lowest BCUT2D eigenvalue weighted by Gasteiger charge is -2.25. The Morgan fingerprint density at radius 1 is 1.38 bits per heavy atom. The minimum absolute atomic E-state index is 0.222. The highest BCUT2D eigenvalue weighted by Gasteiger charge is 2.49. The Kier molecular flexibility index (Phi) is 3.28. The fourth-order valence-electron chi connectivity index (χ4n) is 2.36. The molecule has 0 aliphatic heterocycles. The Bertz CT molecular complexity index is 396. The molecule has 0 heterocycles. The Labute approximate surface area is 97.2 Å². The summed E-state index contributed by atoms with van der Waals surface area (Å²) >= 11 is 0. The Hall–Kier alpha value is -1.30. The van der Waals surface area contributed by atoms with E-state index >= 15 is 0 Å². The maximum atomic E-state index is 5.66. The van der Waals surface area contributed by atoms with Gasteiger partial charge in [0.2, 0.25) is 0 Å².